The molecule has 1 aliphatic carbocycles. The van der Waals surface area contributed by atoms with Gasteiger partial charge in [-0.1, -0.05) is 20.8 Å². The minimum absolute atomic E-state index is 0.597. The van der Waals surface area contributed by atoms with Gasteiger partial charge in [0.2, 0.25) is 0 Å². The van der Waals surface area contributed by atoms with Gasteiger partial charge in [-0.25, -0.2) is 0 Å². The van der Waals surface area contributed by atoms with E-state index in [0.29, 0.717) is 5.41 Å². The van der Waals surface area contributed by atoms with E-state index in [1.54, 1.807) is 0 Å². The smallest absolute Gasteiger partial charge is 0.0155 e. The third-order valence-electron chi connectivity index (χ3n) is 4.28. The van der Waals surface area contributed by atoms with Gasteiger partial charge in [-0.3, -0.25) is 4.90 Å². The molecule has 2 heteroatoms. The van der Waals surface area contributed by atoms with Gasteiger partial charge >= 0.3 is 0 Å². The van der Waals surface area contributed by atoms with Gasteiger partial charge in [-0.05, 0) is 38.1 Å². The van der Waals surface area contributed by atoms with Crippen LogP contribution in [0.5, 0.6) is 0 Å². The number of piperidine rings is 1. The summed E-state index contributed by atoms with van der Waals surface area (Å²) in [7, 11) is 0. The molecule has 0 bridgehead atoms. The summed E-state index contributed by atoms with van der Waals surface area (Å²) in [5.41, 5.74) is 0.597. The van der Waals surface area contributed by atoms with E-state index in [0.717, 1.165) is 24.7 Å². The Bertz CT molecular complexity index is 225. The molecule has 1 saturated heterocycles. The van der Waals surface area contributed by atoms with Crippen LogP contribution in [-0.4, -0.2) is 36.1 Å². The molecule has 1 saturated carbocycles. The van der Waals surface area contributed by atoms with Gasteiger partial charge in [0.15, 0.2) is 0 Å². The predicted octanol–water partition coefficient (Wildman–Crippen LogP) is 2.25. The fourth-order valence-electron chi connectivity index (χ4n) is 3.13. The van der Waals surface area contributed by atoms with Gasteiger partial charge in [0.25, 0.3) is 0 Å². The van der Waals surface area contributed by atoms with E-state index in [-0.39, 0.29) is 0 Å². The maximum atomic E-state index is 3.59. The van der Waals surface area contributed by atoms with Gasteiger partial charge in [-0.2, -0.15) is 0 Å². The zero-order chi connectivity index (χ0) is 11.1. The van der Waals surface area contributed by atoms with Crippen LogP contribution in [0.2, 0.25) is 0 Å². The van der Waals surface area contributed by atoms with Gasteiger partial charge in [-0.15, -0.1) is 0 Å². The Kier molecular flexibility index (Phi) is 3.09. The molecule has 1 aliphatic heterocycles. The lowest BCUT2D eigenvalue weighted by Crippen LogP contribution is -2.49. The Hall–Kier alpha value is -0.0800. The van der Waals surface area contributed by atoms with Gasteiger partial charge < -0.3 is 5.32 Å². The average molecular weight is 210 g/mol. The second-order valence-corrected chi connectivity index (χ2v) is 6.07. The minimum atomic E-state index is 0.597. The van der Waals surface area contributed by atoms with E-state index in [1.807, 2.05) is 0 Å². The second-order valence-electron chi connectivity index (χ2n) is 6.07. The molecule has 3 unspecified atom stereocenters. The van der Waals surface area contributed by atoms with Crippen molar-refractivity contribution in [2.24, 2.45) is 5.41 Å². The van der Waals surface area contributed by atoms with Crippen LogP contribution in [0.4, 0.5) is 0 Å². The van der Waals surface area contributed by atoms with Crippen molar-refractivity contribution in [3.63, 3.8) is 0 Å². The molecule has 0 aromatic heterocycles. The standard InChI is InChI=1S/C13H26N2/c1-5-14-11-6-7-15(10(2)8-11)12-9-13(12,3)4/h10-12,14H,5-9H2,1-4H3. The summed E-state index contributed by atoms with van der Waals surface area (Å²) in [5.74, 6) is 0. The third kappa shape index (κ3) is 2.36. The van der Waals surface area contributed by atoms with Crippen LogP contribution in [0.1, 0.15) is 47.0 Å². The van der Waals surface area contributed by atoms with Crippen molar-refractivity contribution in [1.29, 1.82) is 0 Å². The van der Waals surface area contributed by atoms with E-state index in [9.17, 15) is 0 Å². The van der Waals surface area contributed by atoms with E-state index < -0.39 is 0 Å². The summed E-state index contributed by atoms with van der Waals surface area (Å²) < 4.78 is 0. The molecule has 2 nitrogen and oxygen atoms in total. The summed E-state index contributed by atoms with van der Waals surface area (Å²) >= 11 is 0. The van der Waals surface area contributed by atoms with Crippen molar-refractivity contribution in [2.45, 2.75) is 65.1 Å². The molecule has 0 aromatic rings. The molecular formula is C13H26N2. The lowest BCUT2D eigenvalue weighted by atomic mass is 9.97. The van der Waals surface area contributed by atoms with Crippen LogP contribution in [0.25, 0.3) is 0 Å². The van der Waals surface area contributed by atoms with Crippen molar-refractivity contribution in [3.05, 3.63) is 0 Å². The molecule has 0 spiro atoms. The Morgan fingerprint density at radius 2 is 2.07 bits per heavy atom. The molecule has 1 N–H and O–H groups in total. The van der Waals surface area contributed by atoms with Crippen molar-refractivity contribution >= 4 is 0 Å². The number of hydrogen-bond acceptors (Lipinski definition) is 2. The highest BCUT2D eigenvalue weighted by molar-refractivity contribution is 5.05. The fourth-order valence-corrected chi connectivity index (χ4v) is 3.13. The molecule has 0 aromatic carbocycles. The molecule has 2 rings (SSSR count). The molecule has 3 atom stereocenters. The zero-order valence-electron chi connectivity index (χ0n) is 10.7. The lowest BCUT2D eigenvalue weighted by molar-refractivity contribution is 0.115. The highest BCUT2D eigenvalue weighted by Gasteiger charge is 2.51. The third-order valence-corrected chi connectivity index (χ3v) is 4.28. The molecule has 2 fully saturated rings. The SMILES string of the molecule is CCNC1CCN(C2CC2(C)C)C(C)C1. The van der Waals surface area contributed by atoms with E-state index in [1.165, 1.54) is 25.8 Å². The van der Waals surface area contributed by atoms with Crippen LogP contribution in [0.3, 0.4) is 0 Å². The molecule has 1 heterocycles. The first-order valence-corrected chi connectivity index (χ1v) is 6.53. The Morgan fingerprint density at radius 1 is 1.40 bits per heavy atom. The first-order chi connectivity index (χ1) is 7.04. The average Bonchev–Trinajstić information content (AvgIpc) is 2.75. The summed E-state index contributed by atoms with van der Waals surface area (Å²) in [6.45, 7) is 11.8. The molecule has 2 aliphatic rings. The van der Waals surface area contributed by atoms with Crippen molar-refractivity contribution in [2.75, 3.05) is 13.1 Å². The zero-order valence-corrected chi connectivity index (χ0v) is 10.7. The van der Waals surface area contributed by atoms with Gasteiger partial charge in [0.05, 0.1) is 0 Å². The quantitative estimate of drug-likeness (QED) is 0.768. The highest BCUT2D eigenvalue weighted by Crippen LogP contribution is 2.50. The molecule has 0 radical (unpaired) electrons. The largest absolute Gasteiger partial charge is 0.314 e. The molecule has 0 amide bonds. The Labute approximate surface area is 94.4 Å². The van der Waals surface area contributed by atoms with E-state index in [4.69, 9.17) is 0 Å². The Morgan fingerprint density at radius 3 is 2.53 bits per heavy atom. The second kappa shape index (κ2) is 4.06. The van der Waals surface area contributed by atoms with E-state index >= 15 is 0 Å². The molecular weight excluding hydrogens is 184 g/mol. The van der Waals surface area contributed by atoms with Crippen LogP contribution < -0.4 is 5.32 Å². The summed E-state index contributed by atoms with van der Waals surface area (Å²) in [4.78, 5) is 2.74. The molecule has 15 heavy (non-hydrogen) atoms. The van der Waals surface area contributed by atoms with Crippen molar-refractivity contribution in [3.8, 4) is 0 Å². The minimum Gasteiger partial charge on any atom is -0.314 e. The van der Waals surface area contributed by atoms with Crippen molar-refractivity contribution in [1.82, 2.24) is 10.2 Å². The first-order valence-electron chi connectivity index (χ1n) is 6.53. The molecule has 88 valence electrons. The van der Waals surface area contributed by atoms with E-state index in [2.05, 4.69) is 37.9 Å². The van der Waals surface area contributed by atoms with Crippen LogP contribution in [0, 0.1) is 5.41 Å². The Balaban J connectivity index is 1.85. The number of nitrogens with zero attached hydrogens (tertiary/aromatic N) is 1. The highest BCUT2D eigenvalue weighted by atomic mass is 15.2. The maximum absolute atomic E-state index is 3.59. The topological polar surface area (TPSA) is 15.3 Å². The number of likely N-dealkylation sites (tertiary alicyclic amines) is 1. The number of rotatable bonds is 3. The van der Waals surface area contributed by atoms with Gasteiger partial charge in [0, 0.05) is 24.7 Å². The number of nitrogens with one attached hydrogen (secondary N) is 1. The van der Waals surface area contributed by atoms with Crippen LogP contribution >= 0.6 is 0 Å². The first kappa shape index (κ1) is 11.4. The monoisotopic (exact) mass is 210 g/mol. The summed E-state index contributed by atoms with van der Waals surface area (Å²) in [6.07, 6.45) is 4.08. The fraction of sp³-hybridized carbons (Fsp3) is 1.00. The van der Waals surface area contributed by atoms with Crippen LogP contribution in [0.15, 0.2) is 0 Å². The van der Waals surface area contributed by atoms with Crippen molar-refractivity contribution < 1.29 is 0 Å². The normalized spacial score (nSPS) is 40.4. The maximum Gasteiger partial charge on any atom is 0.0155 e. The number of hydrogen-bond donors (Lipinski definition) is 1. The summed E-state index contributed by atoms with van der Waals surface area (Å²) in [6, 6.07) is 2.41. The summed E-state index contributed by atoms with van der Waals surface area (Å²) in [5, 5.41) is 3.59. The van der Waals surface area contributed by atoms with Crippen LogP contribution in [-0.2, 0) is 0 Å². The lowest BCUT2D eigenvalue weighted by Gasteiger charge is -2.39. The predicted molar refractivity (Wildman–Crippen MR) is 65.1 cm³/mol. The van der Waals surface area contributed by atoms with Gasteiger partial charge in [0.1, 0.15) is 0 Å².